The highest BCUT2D eigenvalue weighted by atomic mass is 32.1. The lowest BCUT2D eigenvalue weighted by Crippen LogP contribution is -2.18. The minimum atomic E-state index is 0.353. The first-order chi connectivity index (χ1) is 9.49. The highest BCUT2D eigenvalue weighted by Crippen LogP contribution is 2.24. The molecular formula is C16H26N2OS. The number of thiocarbonyl (C=S) groups is 1. The van der Waals surface area contributed by atoms with Gasteiger partial charge in [-0.3, -0.25) is 4.98 Å². The predicted octanol–water partition coefficient (Wildman–Crippen LogP) is 3.93. The zero-order valence-corrected chi connectivity index (χ0v) is 13.8. The van der Waals surface area contributed by atoms with Crippen molar-refractivity contribution in [3.63, 3.8) is 0 Å². The number of hydrogen-bond donors (Lipinski definition) is 1. The van der Waals surface area contributed by atoms with E-state index in [1.54, 1.807) is 0 Å². The minimum absolute atomic E-state index is 0.353. The smallest absolute Gasteiger partial charge is 0.133 e. The van der Waals surface area contributed by atoms with Crippen LogP contribution in [0.4, 0.5) is 0 Å². The van der Waals surface area contributed by atoms with Gasteiger partial charge in [0.2, 0.25) is 0 Å². The molecule has 0 aliphatic heterocycles. The molecule has 0 spiro atoms. The van der Waals surface area contributed by atoms with Crippen molar-refractivity contribution in [2.24, 2.45) is 11.7 Å². The molecular weight excluding hydrogens is 268 g/mol. The van der Waals surface area contributed by atoms with Crippen LogP contribution in [0, 0.1) is 19.8 Å². The number of aryl methyl sites for hydroxylation is 2. The van der Waals surface area contributed by atoms with Gasteiger partial charge >= 0.3 is 0 Å². The van der Waals surface area contributed by atoms with Crippen LogP contribution >= 0.6 is 12.2 Å². The Morgan fingerprint density at radius 1 is 1.40 bits per heavy atom. The van der Waals surface area contributed by atoms with Crippen molar-refractivity contribution < 1.29 is 4.74 Å². The lowest BCUT2D eigenvalue weighted by molar-refractivity contribution is 0.232. The van der Waals surface area contributed by atoms with Crippen molar-refractivity contribution >= 4 is 17.2 Å². The second kappa shape index (κ2) is 8.20. The molecule has 20 heavy (non-hydrogen) atoms. The van der Waals surface area contributed by atoms with Gasteiger partial charge in [-0.05, 0) is 26.2 Å². The van der Waals surface area contributed by atoms with Crippen LogP contribution in [0.25, 0.3) is 0 Å². The molecule has 4 heteroatoms. The maximum atomic E-state index is 6.00. The van der Waals surface area contributed by atoms with Gasteiger partial charge < -0.3 is 10.5 Å². The van der Waals surface area contributed by atoms with Crippen molar-refractivity contribution in [3.8, 4) is 5.75 Å². The van der Waals surface area contributed by atoms with Crippen LogP contribution in [-0.4, -0.2) is 16.6 Å². The summed E-state index contributed by atoms with van der Waals surface area (Å²) >= 11 is 5.12. The van der Waals surface area contributed by atoms with Gasteiger partial charge in [-0.2, -0.15) is 0 Å². The van der Waals surface area contributed by atoms with E-state index in [2.05, 4.69) is 18.8 Å². The molecule has 1 unspecified atom stereocenters. The van der Waals surface area contributed by atoms with Crippen molar-refractivity contribution in [3.05, 3.63) is 23.0 Å². The monoisotopic (exact) mass is 294 g/mol. The topological polar surface area (TPSA) is 48.1 Å². The minimum Gasteiger partial charge on any atom is -0.492 e. The normalized spacial score (nSPS) is 12.2. The fourth-order valence-electron chi connectivity index (χ4n) is 2.31. The largest absolute Gasteiger partial charge is 0.492 e. The van der Waals surface area contributed by atoms with Gasteiger partial charge in [-0.1, -0.05) is 45.3 Å². The molecule has 1 atom stereocenters. The Balaban J connectivity index is 2.83. The predicted molar refractivity (Wildman–Crippen MR) is 88.4 cm³/mol. The average molecular weight is 294 g/mol. The van der Waals surface area contributed by atoms with E-state index in [4.69, 9.17) is 22.7 Å². The van der Waals surface area contributed by atoms with Crippen LogP contribution in [0.3, 0.4) is 0 Å². The fourth-order valence-corrected chi connectivity index (χ4v) is 2.56. The molecule has 0 saturated carbocycles. The second-order valence-corrected chi connectivity index (χ2v) is 5.75. The molecule has 0 radical (unpaired) electrons. The van der Waals surface area contributed by atoms with Crippen LogP contribution in [0.15, 0.2) is 6.07 Å². The molecule has 0 saturated heterocycles. The fraction of sp³-hybridized carbons (Fsp3) is 0.625. The van der Waals surface area contributed by atoms with Gasteiger partial charge in [0.15, 0.2) is 0 Å². The van der Waals surface area contributed by atoms with Crippen LogP contribution in [0.5, 0.6) is 5.75 Å². The SMILES string of the molecule is CCCCC(CC)COc1cc(C)nc(C)c1C(N)=S. The Bertz CT molecular complexity index is 460. The number of rotatable bonds is 8. The summed E-state index contributed by atoms with van der Waals surface area (Å²) in [7, 11) is 0. The summed E-state index contributed by atoms with van der Waals surface area (Å²) in [5.74, 6) is 1.36. The molecule has 1 rings (SSSR count). The van der Waals surface area contributed by atoms with E-state index in [0.29, 0.717) is 10.9 Å². The summed E-state index contributed by atoms with van der Waals surface area (Å²) < 4.78 is 6.00. The molecule has 0 aliphatic carbocycles. The third-order valence-corrected chi connectivity index (χ3v) is 3.76. The van der Waals surface area contributed by atoms with E-state index in [1.165, 1.54) is 19.3 Å². The number of nitrogens with two attached hydrogens (primary N) is 1. The molecule has 0 amide bonds. The molecule has 3 nitrogen and oxygen atoms in total. The molecule has 0 fully saturated rings. The summed E-state index contributed by atoms with van der Waals surface area (Å²) in [6, 6.07) is 1.92. The highest BCUT2D eigenvalue weighted by Gasteiger charge is 2.14. The van der Waals surface area contributed by atoms with Gasteiger partial charge in [-0.15, -0.1) is 0 Å². The van der Waals surface area contributed by atoms with Crippen LogP contribution in [0.2, 0.25) is 0 Å². The Labute approximate surface area is 127 Å². The summed E-state index contributed by atoms with van der Waals surface area (Å²) in [5.41, 5.74) is 8.34. The lowest BCUT2D eigenvalue weighted by Gasteiger charge is -2.18. The number of hydrogen-bond acceptors (Lipinski definition) is 3. The summed E-state index contributed by atoms with van der Waals surface area (Å²) in [5, 5.41) is 0. The summed E-state index contributed by atoms with van der Waals surface area (Å²) in [4.78, 5) is 4.76. The van der Waals surface area contributed by atoms with Crippen molar-refractivity contribution in [2.75, 3.05) is 6.61 Å². The Kier molecular flexibility index (Phi) is 6.93. The van der Waals surface area contributed by atoms with Crippen LogP contribution in [-0.2, 0) is 0 Å². The standard InChI is InChI=1S/C16H26N2OS/c1-5-7-8-13(6-2)10-19-14-9-11(3)18-12(4)15(14)16(17)20/h9,13H,5-8,10H2,1-4H3,(H2,17,20). The van der Waals surface area contributed by atoms with Crippen LogP contribution in [0.1, 0.15) is 56.5 Å². The highest BCUT2D eigenvalue weighted by molar-refractivity contribution is 7.80. The van der Waals surface area contributed by atoms with Gasteiger partial charge in [0, 0.05) is 11.8 Å². The molecule has 0 bridgehead atoms. The first-order valence-corrected chi connectivity index (χ1v) is 7.81. The zero-order valence-electron chi connectivity index (χ0n) is 13.0. The van der Waals surface area contributed by atoms with E-state index in [-0.39, 0.29) is 0 Å². The Morgan fingerprint density at radius 3 is 2.65 bits per heavy atom. The zero-order chi connectivity index (χ0) is 15.1. The number of nitrogens with zero attached hydrogens (tertiary/aromatic N) is 1. The maximum Gasteiger partial charge on any atom is 0.133 e. The third kappa shape index (κ3) is 4.75. The molecule has 1 aromatic heterocycles. The van der Waals surface area contributed by atoms with Gasteiger partial charge in [0.25, 0.3) is 0 Å². The molecule has 0 aliphatic rings. The van der Waals surface area contributed by atoms with E-state index in [0.717, 1.165) is 35.7 Å². The Hall–Kier alpha value is -1.16. The summed E-state index contributed by atoms with van der Waals surface area (Å²) in [6.45, 7) is 9.02. The molecule has 1 heterocycles. The molecule has 0 aromatic carbocycles. The number of pyridine rings is 1. The first kappa shape index (κ1) is 16.9. The number of ether oxygens (including phenoxy) is 1. The van der Waals surface area contributed by atoms with E-state index >= 15 is 0 Å². The van der Waals surface area contributed by atoms with Crippen LogP contribution < -0.4 is 10.5 Å². The van der Waals surface area contributed by atoms with E-state index < -0.39 is 0 Å². The van der Waals surface area contributed by atoms with E-state index in [9.17, 15) is 0 Å². The first-order valence-electron chi connectivity index (χ1n) is 7.40. The van der Waals surface area contributed by atoms with E-state index in [1.807, 2.05) is 19.9 Å². The lowest BCUT2D eigenvalue weighted by atomic mass is 10.0. The molecule has 2 N–H and O–H groups in total. The van der Waals surface area contributed by atoms with Crippen molar-refractivity contribution in [2.45, 2.75) is 53.4 Å². The maximum absolute atomic E-state index is 6.00. The average Bonchev–Trinajstić information content (AvgIpc) is 2.37. The van der Waals surface area contributed by atoms with Gasteiger partial charge in [-0.25, -0.2) is 0 Å². The third-order valence-electron chi connectivity index (χ3n) is 3.56. The van der Waals surface area contributed by atoms with Gasteiger partial charge in [0.1, 0.15) is 10.7 Å². The quantitative estimate of drug-likeness (QED) is 0.738. The summed E-state index contributed by atoms with van der Waals surface area (Å²) in [6.07, 6.45) is 4.81. The molecule has 1 aromatic rings. The number of aromatic nitrogens is 1. The van der Waals surface area contributed by atoms with Crippen molar-refractivity contribution in [1.29, 1.82) is 0 Å². The number of unbranched alkanes of at least 4 members (excludes halogenated alkanes) is 1. The van der Waals surface area contributed by atoms with Crippen molar-refractivity contribution in [1.82, 2.24) is 4.98 Å². The second-order valence-electron chi connectivity index (χ2n) is 5.31. The van der Waals surface area contributed by atoms with Gasteiger partial charge in [0.05, 0.1) is 17.9 Å². The Morgan fingerprint density at radius 2 is 2.10 bits per heavy atom. The molecule has 112 valence electrons.